The molecule has 1 aromatic rings. The first-order chi connectivity index (χ1) is 13.5. The van der Waals surface area contributed by atoms with Gasteiger partial charge in [0.15, 0.2) is 5.96 Å². The summed E-state index contributed by atoms with van der Waals surface area (Å²) in [6, 6.07) is 7.61. The smallest absolute Gasteiger partial charge is 0.253 e. The Morgan fingerprint density at radius 3 is 2.45 bits per heavy atom. The number of aliphatic hydroxyl groups is 1. The van der Waals surface area contributed by atoms with E-state index in [9.17, 15) is 9.90 Å². The quantitative estimate of drug-likeness (QED) is 0.213. The summed E-state index contributed by atoms with van der Waals surface area (Å²) in [5.41, 5.74) is 1.76. The molecule has 1 heterocycles. The Bertz CT molecular complexity index is 628. The lowest BCUT2D eigenvalue weighted by atomic mass is 10.1. The number of carbonyl (C=O) groups excluding carboxylic acids is 1. The Hall–Kier alpha value is -1.39. The van der Waals surface area contributed by atoms with E-state index in [1.54, 1.807) is 19.0 Å². The third-order valence-electron chi connectivity index (χ3n) is 4.87. The van der Waals surface area contributed by atoms with Crippen molar-refractivity contribution in [1.82, 2.24) is 20.4 Å². The molecule has 1 aliphatic heterocycles. The highest BCUT2D eigenvalue weighted by atomic mass is 127. The van der Waals surface area contributed by atoms with E-state index in [2.05, 4.69) is 27.4 Å². The van der Waals surface area contributed by atoms with Crippen LogP contribution in [0.15, 0.2) is 29.3 Å². The molecule has 1 amide bonds. The van der Waals surface area contributed by atoms with Crippen molar-refractivity contribution in [1.29, 1.82) is 0 Å². The van der Waals surface area contributed by atoms with Crippen molar-refractivity contribution in [3.05, 3.63) is 35.4 Å². The fourth-order valence-electron chi connectivity index (χ4n) is 3.18. The van der Waals surface area contributed by atoms with Crippen molar-refractivity contribution in [2.75, 3.05) is 46.8 Å². The van der Waals surface area contributed by atoms with E-state index in [1.165, 1.54) is 0 Å². The molecule has 0 bridgehead atoms. The van der Waals surface area contributed by atoms with E-state index in [1.807, 2.05) is 24.3 Å². The van der Waals surface area contributed by atoms with Gasteiger partial charge in [-0.05, 0) is 50.4 Å². The van der Waals surface area contributed by atoms with Crippen molar-refractivity contribution in [2.24, 2.45) is 4.99 Å². The van der Waals surface area contributed by atoms with Gasteiger partial charge in [-0.3, -0.25) is 4.79 Å². The number of halogens is 1. The van der Waals surface area contributed by atoms with Gasteiger partial charge in [0.25, 0.3) is 5.91 Å². The minimum atomic E-state index is -0.114. The molecule has 0 atom stereocenters. The first-order valence-corrected chi connectivity index (χ1v) is 10.2. The van der Waals surface area contributed by atoms with Gasteiger partial charge in [0.2, 0.25) is 0 Å². The van der Waals surface area contributed by atoms with E-state index >= 15 is 0 Å². The van der Waals surface area contributed by atoms with Crippen LogP contribution in [-0.2, 0) is 6.54 Å². The van der Waals surface area contributed by atoms with Crippen LogP contribution in [0, 0.1) is 0 Å². The second kappa shape index (κ2) is 13.8. The molecule has 8 heteroatoms. The number of carbonyl (C=O) groups is 1. The molecule has 0 saturated carbocycles. The highest BCUT2D eigenvalue weighted by Gasteiger charge is 2.16. The second-order valence-electron chi connectivity index (χ2n) is 7.44. The highest BCUT2D eigenvalue weighted by molar-refractivity contribution is 14.0. The number of amides is 1. The highest BCUT2D eigenvalue weighted by Crippen LogP contribution is 2.10. The van der Waals surface area contributed by atoms with Crippen LogP contribution >= 0.6 is 24.0 Å². The van der Waals surface area contributed by atoms with Crippen LogP contribution in [-0.4, -0.2) is 79.7 Å². The number of aliphatic hydroxyl groups excluding tert-OH is 1. The Labute approximate surface area is 192 Å². The van der Waals surface area contributed by atoms with Crippen LogP contribution in [0.4, 0.5) is 0 Å². The molecule has 0 aromatic heterocycles. The summed E-state index contributed by atoms with van der Waals surface area (Å²) in [5.74, 6) is 0.818. The fourth-order valence-corrected chi connectivity index (χ4v) is 3.18. The number of likely N-dealkylation sites (tertiary alicyclic amines) is 1. The summed E-state index contributed by atoms with van der Waals surface area (Å²) in [7, 11) is 3.51. The molecule has 1 aliphatic rings. The predicted octanol–water partition coefficient (Wildman–Crippen LogP) is 1.91. The van der Waals surface area contributed by atoms with E-state index < -0.39 is 0 Å². The molecule has 2 rings (SSSR count). The lowest BCUT2D eigenvalue weighted by Gasteiger charge is -2.29. The standard InChI is InChI=1S/C21H35N5O2.HI/c1-4-22-21(23-12-5-13-26-14-10-19(27)11-15-26)24-16-17-6-8-18(9-7-17)20(28)25(2)3;/h6-9,19,27H,4-5,10-16H2,1-3H3,(H2,22,23,24);1H. The van der Waals surface area contributed by atoms with Crippen LogP contribution in [0.1, 0.15) is 42.1 Å². The Kier molecular flexibility index (Phi) is 12.2. The van der Waals surface area contributed by atoms with Gasteiger partial charge in [0, 0.05) is 45.8 Å². The van der Waals surface area contributed by atoms with Crippen molar-refractivity contribution in [2.45, 2.75) is 38.8 Å². The van der Waals surface area contributed by atoms with Gasteiger partial charge in [-0.25, -0.2) is 4.99 Å². The number of hydrogen-bond acceptors (Lipinski definition) is 4. The summed E-state index contributed by atoms with van der Waals surface area (Å²) in [6.45, 7) is 7.31. The molecule has 0 aliphatic carbocycles. The number of nitrogens with zero attached hydrogens (tertiary/aromatic N) is 3. The van der Waals surface area contributed by atoms with Crippen molar-refractivity contribution in [3.8, 4) is 0 Å². The summed E-state index contributed by atoms with van der Waals surface area (Å²) >= 11 is 0. The monoisotopic (exact) mass is 517 g/mol. The van der Waals surface area contributed by atoms with E-state index in [-0.39, 0.29) is 36.0 Å². The van der Waals surface area contributed by atoms with Gasteiger partial charge < -0.3 is 25.5 Å². The number of hydrogen-bond donors (Lipinski definition) is 3. The lowest BCUT2D eigenvalue weighted by Crippen LogP contribution is -2.40. The van der Waals surface area contributed by atoms with Gasteiger partial charge in [-0.15, -0.1) is 24.0 Å². The molecule has 7 nitrogen and oxygen atoms in total. The third kappa shape index (κ3) is 9.31. The van der Waals surface area contributed by atoms with E-state index in [0.717, 1.165) is 63.5 Å². The van der Waals surface area contributed by atoms with Crippen LogP contribution in [0.3, 0.4) is 0 Å². The molecule has 164 valence electrons. The Balaban J connectivity index is 0.00000420. The Morgan fingerprint density at radius 2 is 1.86 bits per heavy atom. The van der Waals surface area contributed by atoms with E-state index in [4.69, 9.17) is 0 Å². The molecule has 1 fully saturated rings. The summed E-state index contributed by atoms with van der Waals surface area (Å²) < 4.78 is 0. The van der Waals surface area contributed by atoms with Crippen LogP contribution in [0.5, 0.6) is 0 Å². The lowest BCUT2D eigenvalue weighted by molar-refractivity contribution is 0.0820. The maximum Gasteiger partial charge on any atom is 0.253 e. The van der Waals surface area contributed by atoms with Gasteiger partial charge in [-0.2, -0.15) is 0 Å². The van der Waals surface area contributed by atoms with Crippen molar-refractivity contribution >= 4 is 35.8 Å². The molecule has 0 unspecified atom stereocenters. The number of nitrogens with one attached hydrogen (secondary N) is 2. The number of rotatable bonds is 8. The van der Waals surface area contributed by atoms with Crippen LogP contribution in [0.2, 0.25) is 0 Å². The average Bonchev–Trinajstić information content (AvgIpc) is 2.70. The number of aliphatic imine (C=N–C) groups is 1. The summed E-state index contributed by atoms with van der Waals surface area (Å²) in [4.78, 5) is 20.6. The average molecular weight is 517 g/mol. The van der Waals surface area contributed by atoms with Crippen LogP contribution < -0.4 is 10.6 Å². The fraction of sp³-hybridized carbons (Fsp3) is 0.619. The maximum atomic E-state index is 11.9. The molecule has 0 radical (unpaired) electrons. The first kappa shape index (κ1) is 25.6. The van der Waals surface area contributed by atoms with Gasteiger partial charge in [0.1, 0.15) is 0 Å². The molecule has 1 saturated heterocycles. The zero-order valence-electron chi connectivity index (χ0n) is 17.9. The zero-order chi connectivity index (χ0) is 20.4. The zero-order valence-corrected chi connectivity index (χ0v) is 20.2. The largest absolute Gasteiger partial charge is 0.393 e. The van der Waals surface area contributed by atoms with E-state index in [0.29, 0.717) is 12.1 Å². The van der Waals surface area contributed by atoms with Crippen LogP contribution in [0.25, 0.3) is 0 Å². The SMILES string of the molecule is CCNC(=NCc1ccc(C(=O)N(C)C)cc1)NCCCN1CCC(O)CC1.I. The normalized spacial score (nSPS) is 15.5. The number of guanidine groups is 1. The number of piperidine rings is 1. The number of benzene rings is 1. The molecular weight excluding hydrogens is 481 g/mol. The summed E-state index contributed by atoms with van der Waals surface area (Å²) in [5, 5.41) is 16.2. The third-order valence-corrected chi connectivity index (χ3v) is 4.87. The van der Waals surface area contributed by atoms with Gasteiger partial charge >= 0.3 is 0 Å². The molecule has 0 spiro atoms. The minimum absolute atomic E-state index is 0. The molecule has 3 N–H and O–H groups in total. The molecular formula is C21H36IN5O2. The van der Waals surface area contributed by atoms with Crippen molar-refractivity contribution in [3.63, 3.8) is 0 Å². The van der Waals surface area contributed by atoms with Crippen molar-refractivity contribution < 1.29 is 9.90 Å². The summed E-state index contributed by atoms with van der Waals surface area (Å²) in [6.07, 6.45) is 2.70. The second-order valence-corrected chi connectivity index (χ2v) is 7.44. The topological polar surface area (TPSA) is 80.2 Å². The maximum absolute atomic E-state index is 11.9. The van der Waals surface area contributed by atoms with Gasteiger partial charge in [-0.1, -0.05) is 12.1 Å². The minimum Gasteiger partial charge on any atom is -0.393 e. The Morgan fingerprint density at radius 1 is 1.21 bits per heavy atom. The first-order valence-electron chi connectivity index (χ1n) is 10.2. The predicted molar refractivity (Wildman–Crippen MR) is 129 cm³/mol. The molecule has 1 aromatic carbocycles. The van der Waals surface area contributed by atoms with Gasteiger partial charge in [0.05, 0.1) is 12.6 Å². The molecule has 29 heavy (non-hydrogen) atoms.